The van der Waals surface area contributed by atoms with Crippen LogP contribution in [0, 0.1) is 35.0 Å². The summed E-state index contributed by atoms with van der Waals surface area (Å²) in [7, 11) is 0. The van der Waals surface area contributed by atoms with Gasteiger partial charge in [-0.3, -0.25) is 0 Å². The predicted molar refractivity (Wildman–Crippen MR) is 82.7 cm³/mol. The van der Waals surface area contributed by atoms with Gasteiger partial charge in [-0.05, 0) is 47.8 Å². The average Bonchev–Trinajstić information content (AvgIpc) is 3.10. The van der Waals surface area contributed by atoms with Crippen molar-refractivity contribution >= 4 is 0 Å². The van der Waals surface area contributed by atoms with Crippen LogP contribution in [0.2, 0.25) is 0 Å². The summed E-state index contributed by atoms with van der Waals surface area (Å²) in [5, 5.41) is 0. The lowest BCUT2D eigenvalue weighted by atomic mass is 9.77. The van der Waals surface area contributed by atoms with Crippen molar-refractivity contribution in [2.24, 2.45) is 35.0 Å². The van der Waals surface area contributed by atoms with Crippen LogP contribution >= 0.6 is 0 Å². The zero-order chi connectivity index (χ0) is 13.8. The van der Waals surface area contributed by atoms with Crippen molar-refractivity contribution in [2.75, 3.05) is 0 Å². The van der Waals surface area contributed by atoms with E-state index in [-0.39, 0.29) is 0 Å². The Bertz CT molecular complexity index is 474. The molecule has 4 aliphatic rings. The highest BCUT2D eigenvalue weighted by molar-refractivity contribution is 5.32. The third-order valence-corrected chi connectivity index (χ3v) is 6.11. The molecule has 0 spiro atoms. The van der Waals surface area contributed by atoms with Crippen LogP contribution in [0.4, 0.5) is 0 Å². The number of hydrogen-bond donors (Lipinski definition) is 0. The van der Waals surface area contributed by atoms with Crippen LogP contribution in [0.5, 0.6) is 0 Å². The molecular formula is C19H26. The Morgan fingerprint density at radius 2 is 1.68 bits per heavy atom. The van der Waals surface area contributed by atoms with Gasteiger partial charge in [0.25, 0.3) is 0 Å². The highest BCUT2D eigenvalue weighted by Gasteiger charge is 2.44. The van der Waals surface area contributed by atoms with Crippen LogP contribution < -0.4 is 0 Å². The van der Waals surface area contributed by atoms with E-state index in [1.807, 2.05) is 0 Å². The first-order valence-electron chi connectivity index (χ1n) is 7.66. The van der Waals surface area contributed by atoms with Gasteiger partial charge in [0.1, 0.15) is 0 Å². The number of hydrogen-bond acceptors (Lipinski definition) is 0. The minimum Gasteiger partial charge on any atom is -0.0990 e. The van der Waals surface area contributed by atoms with Crippen LogP contribution in [0.3, 0.4) is 0 Å². The van der Waals surface area contributed by atoms with Crippen LogP contribution in [0.15, 0.2) is 48.6 Å². The van der Waals surface area contributed by atoms with Gasteiger partial charge in [0.15, 0.2) is 0 Å². The van der Waals surface area contributed by atoms with Gasteiger partial charge in [0, 0.05) is 0 Å². The number of rotatable bonds is 0. The molecule has 19 heavy (non-hydrogen) atoms. The minimum absolute atomic E-state index is 0.388. The van der Waals surface area contributed by atoms with Gasteiger partial charge in [-0.25, -0.2) is 0 Å². The lowest BCUT2D eigenvalue weighted by Gasteiger charge is -2.28. The van der Waals surface area contributed by atoms with Crippen molar-refractivity contribution in [1.82, 2.24) is 0 Å². The van der Waals surface area contributed by atoms with Gasteiger partial charge in [0.2, 0.25) is 0 Å². The smallest absolute Gasteiger partial charge is 0.00144 e. The van der Waals surface area contributed by atoms with Gasteiger partial charge in [0.05, 0.1) is 0 Å². The van der Waals surface area contributed by atoms with Gasteiger partial charge < -0.3 is 0 Å². The van der Waals surface area contributed by atoms with Gasteiger partial charge in [-0.2, -0.15) is 0 Å². The Labute approximate surface area is 118 Å². The van der Waals surface area contributed by atoms with E-state index in [0.717, 1.165) is 23.7 Å². The Balaban J connectivity index is 0.000000117. The first-order valence-corrected chi connectivity index (χ1v) is 7.66. The van der Waals surface area contributed by atoms with Crippen molar-refractivity contribution in [3.05, 3.63) is 48.6 Å². The highest BCUT2D eigenvalue weighted by Crippen LogP contribution is 2.54. The van der Waals surface area contributed by atoms with Crippen LogP contribution in [-0.2, 0) is 0 Å². The molecule has 0 aliphatic heterocycles. The summed E-state index contributed by atoms with van der Waals surface area (Å²) in [6.07, 6.45) is 12.0. The number of fused-ring (bicyclic) bond motifs is 4. The molecule has 4 rings (SSSR count). The zero-order valence-electron chi connectivity index (χ0n) is 12.5. The second kappa shape index (κ2) is 4.23. The molecular weight excluding hydrogens is 228 g/mol. The normalized spacial score (nSPS) is 43.8. The van der Waals surface area contributed by atoms with E-state index in [1.165, 1.54) is 24.0 Å². The van der Waals surface area contributed by atoms with Crippen molar-refractivity contribution in [1.29, 1.82) is 0 Å². The molecule has 0 N–H and O–H groups in total. The fourth-order valence-corrected chi connectivity index (χ4v) is 4.19. The minimum atomic E-state index is 0.388. The summed E-state index contributed by atoms with van der Waals surface area (Å²) in [5.41, 5.74) is 3.29. The molecule has 2 fully saturated rings. The average molecular weight is 254 g/mol. The third-order valence-electron chi connectivity index (χ3n) is 6.11. The quantitative estimate of drug-likeness (QED) is 0.524. The summed E-state index contributed by atoms with van der Waals surface area (Å²) in [5.74, 6) is 3.83. The first kappa shape index (κ1) is 13.0. The first-order chi connectivity index (χ1) is 8.91. The lowest BCUT2D eigenvalue weighted by Crippen LogP contribution is -2.18. The molecule has 0 heterocycles. The molecule has 5 atom stereocenters. The molecule has 5 unspecified atom stereocenters. The van der Waals surface area contributed by atoms with E-state index >= 15 is 0 Å². The summed E-state index contributed by atoms with van der Waals surface area (Å²) in [4.78, 5) is 0. The van der Waals surface area contributed by atoms with Crippen LogP contribution in [-0.4, -0.2) is 0 Å². The summed E-state index contributed by atoms with van der Waals surface area (Å²) >= 11 is 0. The predicted octanol–water partition coefficient (Wildman–Crippen LogP) is 5.16. The van der Waals surface area contributed by atoms with Gasteiger partial charge in [-0.15, -0.1) is 0 Å². The molecule has 4 bridgehead atoms. The second-order valence-corrected chi connectivity index (χ2v) is 7.34. The topological polar surface area (TPSA) is 0 Å². The number of allylic oxidation sites excluding steroid dienone is 6. The summed E-state index contributed by atoms with van der Waals surface area (Å²) in [6, 6.07) is 0. The van der Waals surface area contributed by atoms with Crippen molar-refractivity contribution in [2.45, 2.75) is 33.6 Å². The Morgan fingerprint density at radius 3 is 2.00 bits per heavy atom. The molecule has 2 saturated carbocycles. The fourth-order valence-electron chi connectivity index (χ4n) is 4.19. The molecule has 0 aromatic heterocycles. The lowest BCUT2D eigenvalue weighted by molar-refractivity contribution is 0.369. The van der Waals surface area contributed by atoms with E-state index in [4.69, 9.17) is 0 Å². The van der Waals surface area contributed by atoms with Crippen molar-refractivity contribution in [3.63, 3.8) is 0 Å². The van der Waals surface area contributed by atoms with Gasteiger partial charge >= 0.3 is 0 Å². The van der Waals surface area contributed by atoms with E-state index in [1.54, 1.807) is 0 Å². The molecule has 0 amide bonds. The zero-order valence-corrected chi connectivity index (χ0v) is 12.5. The van der Waals surface area contributed by atoms with Crippen molar-refractivity contribution in [3.8, 4) is 0 Å². The maximum atomic E-state index is 4.14. The third kappa shape index (κ3) is 1.88. The Kier molecular flexibility index (Phi) is 2.89. The molecule has 0 heteroatoms. The maximum Gasteiger partial charge on any atom is -0.00144 e. The van der Waals surface area contributed by atoms with E-state index in [2.05, 4.69) is 58.2 Å². The van der Waals surface area contributed by atoms with Gasteiger partial charge in [-0.1, -0.05) is 69.4 Å². The Morgan fingerprint density at radius 1 is 1.00 bits per heavy atom. The summed E-state index contributed by atoms with van der Waals surface area (Å²) in [6.45, 7) is 15.1. The van der Waals surface area contributed by atoms with E-state index in [9.17, 15) is 0 Å². The van der Waals surface area contributed by atoms with E-state index in [0.29, 0.717) is 11.3 Å². The molecule has 0 radical (unpaired) electrons. The largest absolute Gasteiger partial charge is 0.0990 e. The molecule has 102 valence electrons. The maximum absolute atomic E-state index is 4.14. The highest BCUT2D eigenvalue weighted by atomic mass is 14.5. The second-order valence-electron chi connectivity index (χ2n) is 7.34. The molecule has 0 saturated heterocycles. The SMILES string of the molecule is C=C1C2C=CC(C2)C1(C)C.C=C1C2C=CC(C2)C1C. The standard InChI is InChI=1S/C10H14.C9H12/c1-7-8-4-5-9(6-8)10(7,2)3;1-6-7(2)9-4-3-8(6)5-9/h4-5,8-9H,1,6H2,2-3H3;3-4,7-9H,1,5H2,2H3. The molecule has 0 aromatic carbocycles. The fraction of sp³-hybridized carbons (Fsp3) is 0.579. The van der Waals surface area contributed by atoms with Crippen LogP contribution in [0.1, 0.15) is 33.6 Å². The molecule has 4 aliphatic carbocycles. The molecule has 0 nitrogen and oxygen atoms in total. The van der Waals surface area contributed by atoms with E-state index < -0.39 is 0 Å². The monoisotopic (exact) mass is 254 g/mol. The Hall–Kier alpha value is -1.04. The molecule has 0 aromatic rings. The summed E-state index contributed by atoms with van der Waals surface area (Å²) < 4.78 is 0. The van der Waals surface area contributed by atoms with Crippen LogP contribution in [0.25, 0.3) is 0 Å². The van der Waals surface area contributed by atoms with Crippen molar-refractivity contribution < 1.29 is 0 Å².